The largest absolute Gasteiger partial charge is 0.397 e. The van der Waals surface area contributed by atoms with E-state index in [1.54, 1.807) is 0 Å². The Morgan fingerprint density at radius 3 is 2.40 bits per heavy atom. The molecule has 1 heterocycles. The molecule has 1 rings (SSSR count). The summed E-state index contributed by atoms with van der Waals surface area (Å²) in [5, 5.41) is -1.23. The van der Waals surface area contributed by atoms with Gasteiger partial charge in [-0.05, 0) is 0 Å². The first-order valence-electron chi connectivity index (χ1n) is 3.42. The minimum atomic E-state index is -4.38. The predicted molar refractivity (Wildman–Crippen MR) is 51.7 cm³/mol. The van der Waals surface area contributed by atoms with Gasteiger partial charge in [-0.2, -0.15) is 0 Å². The molecule has 0 radical (unpaired) electrons. The number of halogens is 4. The van der Waals surface area contributed by atoms with E-state index in [9.17, 15) is 17.2 Å². The topological polar surface area (TPSA) is 73.0 Å². The Kier molecular flexibility index (Phi) is 3.37. The molecule has 9 heteroatoms. The SMILES string of the molecule is Nc1c(Cl)cnc(S(=O)(=O)Cl)c1C(F)F. The van der Waals surface area contributed by atoms with Gasteiger partial charge in [0.15, 0.2) is 5.03 Å². The van der Waals surface area contributed by atoms with Crippen molar-refractivity contribution in [1.82, 2.24) is 4.98 Å². The number of nitrogens with two attached hydrogens (primary N) is 1. The second-order valence-electron chi connectivity index (χ2n) is 2.48. The van der Waals surface area contributed by atoms with Crippen molar-refractivity contribution in [3.05, 3.63) is 16.8 Å². The van der Waals surface area contributed by atoms with E-state index in [1.165, 1.54) is 0 Å². The highest BCUT2D eigenvalue weighted by Crippen LogP contribution is 2.35. The normalized spacial score (nSPS) is 12.1. The van der Waals surface area contributed by atoms with E-state index in [4.69, 9.17) is 28.0 Å². The first-order chi connectivity index (χ1) is 6.75. The van der Waals surface area contributed by atoms with Crippen LogP contribution in [-0.4, -0.2) is 13.4 Å². The van der Waals surface area contributed by atoms with Crippen LogP contribution in [0.3, 0.4) is 0 Å². The average Bonchev–Trinajstić information content (AvgIpc) is 2.06. The molecule has 0 unspecified atom stereocenters. The molecule has 0 bridgehead atoms. The number of alkyl halides is 2. The van der Waals surface area contributed by atoms with Gasteiger partial charge in [-0.15, -0.1) is 0 Å². The molecule has 2 N–H and O–H groups in total. The lowest BCUT2D eigenvalue weighted by atomic mass is 10.2. The summed E-state index contributed by atoms with van der Waals surface area (Å²) >= 11 is 5.42. The molecule has 0 fully saturated rings. The molecule has 15 heavy (non-hydrogen) atoms. The van der Waals surface area contributed by atoms with E-state index in [-0.39, 0.29) is 5.02 Å². The lowest BCUT2D eigenvalue weighted by Gasteiger charge is -2.09. The van der Waals surface area contributed by atoms with E-state index >= 15 is 0 Å². The molecule has 0 atom stereocenters. The number of anilines is 1. The highest BCUT2D eigenvalue weighted by Gasteiger charge is 2.27. The number of hydrogen-bond donors (Lipinski definition) is 1. The van der Waals surface area contributed by atoms with E-state index in [1.807, 2.05) is 0 Å². The van der Waals surface area contributed by atoms with Crippen LogP contribution in [0.15, 0.2) is 11.2 Å². The fourth-order valence-corrected chi connectivity index (χ4v) is 2.06. The molecule has 0 aliphatic carbocycles. The van der Waals surface area contributed by atoms with Gasteiger partial charge in [-0.25, -0.2) is 22.2 Å². The maximum atomic E-state index is 12.5. The second kappa shape index (κ2) is 4.07. The number of hydrogen-bond acceptors (Lipinski definition) is 4. The van der Waals surface area contributed by atoms with Gasteiger partial charge in [0, 0.05) is 16.9 Å². The molecule has 0 aliphatic rings. The van der Waals surface area contributed by atoms with Gasteiger partial charge in [0.1, 0.15) is 0 Å². The summed E-state index contributed by atoms with van der Waals surface area (Å²) in [7, 11) is 0.535. The minimum absolute atomic E-state index is 0.255. The van der Waals surface area contributed by atoms with E-state index in [2.05, 4.69) is 4.98 Å². The summed E-state index contributed by atoms with van der Waals surface area (Å²) in [4.78, 5) is 3.22. The van der Waals surface area contributed by atoms with Crippen LogP contribution in [-0.2, 0) is 9.05 Å². The first kappa shape index (κ1) is 12.4. The summed E-state index contributed by atoms with van der Waals surface area (Å²) in [5.74, 6) is 0. The van der Waals surface area contributed by atoms with Crippen molar-refractivity contribution in [2.45, 2.75) is 11.5 Å². The van der Waals surface area contributed by atoms with Crippen molar-refractivity contribution in [3.8, 4) is 0 Å². The monoisotopic (exact) mass is 276 g/mol. The Morgan fingerprint density at radius 1 is 1.47 bits per heavy atom. The Hall–Kier alpha value is -0.660. The lowest BCUT2D eigenvalue weighted by molar-refractivity contribution is 0.148. The zero-order valence-electron chi connectivity index (χ0n) is 6.92. The summed E-state index contributed by atoms with van der Waals surface area (Å²) in [5.41, 5.74) is 3.69. The molecular weight excluding hydrogens is 273 g/mol. The third kappa shape index (κ3) is 2.47. The van der Waals surface area contributed by atoms with Crippen LogP contribution in [0.1, 0.15) is 12.0 Å². The Morgan fingerprint density at radius 2 is 2.00 bits per heavy atom. The third-order valence-corrected chi connectivity index (χ3v) is 3.05. The number of rotatable bonds is 2. The highest BCUT2D eigenvalue weighted by atomic mass is 35.7. The fourth-order valence-electron chi connectivity index (χ4n) is 0.903. The highest BCUT2D eigenvalue weighted by molar-refractivity contribution is 8.13. The van der Waals surface area contributed by atoms with Crippen LogP contribution >= 0.6 is 22.3 Å². The number of nitrogens with zero attached hydrogens (tertiary/aromatic N) is 1. The fraction of sp³-hybridized carbons (Fsp3) is 0.167. The summed E-state index contributed by atoms with van der Waals surface area (Å²) in [6.07, 6.45) is -2.28. The van der Waals surface area contributed by atoms with Gasteiger partial charge in [0.2, 0.25) is 0 Å². The van der Waals surface area contributed by atoms with Gasteiger partial charge in [-0.3, -0.25) is 0 Å². The number of nitrogen functional groups attached to an aromatic ring is 1. The van der Waals surface area contributed by atoms with Crippen molar-refractivity contribution in [3.63, 3.8) is 0 Å². The van der Waals surface area contributed by atoms with Crippen molar-refractivity contribution < 1.29 is 17.2 Å². The molecule has 0 amide bonds. The van der Waals surface area contributed by atoms with Crippen LogP contribution in [0, 0.1) is 0 Å². The summed E-state index contributed by atoms with van der Waals surface area (Å²) < 4.78 is 46.8. The average molecular weight is 277 g/mol. The number of pyridine rings is 1. The molecule has 0 aromatic carbocycles. The van der Waals surface area contributed by atoms with Gasteiger partial charge in [0.05, 0.1) is 16.3 Å². The molecule has 4 nitrogen and oxygen atoms in total. The molecule has 0 spiro atoms. The van der Waals surface area contributed by atoms with Crippen LogP contribution in [0.5, 0.6) is 0 Å². The van der Waals surface area contributed by atoms with Gasteiger partial charge in [0.25, 0.3) is 15.5 Å². The minimum Gasteiger partial charge on any atom is -0.397 e. The molecule has 0 saturated heterocycles. The van der Waals surface area contributed by atoms with Gasteiger partial charge < -0.3 is 5.73 Å². The van der Waals surface area contributed by atoms with Crippen LogP contribution in [0.2, 0.25) is 5.02 Å². The van der Waals surface area contributed by atoms with E-state index in [0.29, 0.717) is 0 Å². The van der Waals surface area contributed by atoms with Gasteiger partial charge in [-0.1, -0.05) is 11.6 Å². The lowest BCUT2D eigenvalue weighted by Crippen LogP contribution is -2.06. The molecule has 84 valence electrons. The van der Waals surface area contributed by atoms with Crippen LogP contribution in [0.25, 0.3) is 0 Å². The molecular formula is C6H4Cl2F2N2O2S. The molecule has 1 aromatic rings. The van der Waals surface area contributed by atoms with Crippen LogP contribution in [0.4, 0.5) is 14.5 Å². The maximum Gasteiger partial charge on any atom is 0.279 e. The summed E-state index contributed by atoms with van der Waals surface area (Å²) in [6, 6.07) is 0. The van der Waals surface area contributed by atoms with E-state index in [0.717, 1.165) is 6.20 Å². The molecule has 1 aromatic heterocycles. The standard InChI is InChI=1S/C6H4Cl2F2N2O2S/c7-2-1-12-6(15(8,13)14)3(4(2)11)5(9)10/h1,5H,(H2,11,12). The predicted octanol–water partition coefficient (Wildman–Crippen LogP) is 2.18. The Bertz CT molecular complexity index is 492. The smallest absolute Gasteiger partial charge is 0.279 e. The molecule has 0 saturated carbocycles. The quantitative estimate of drug-likeness (QED) is 0.841. The van der Waals surface area contributed by atoms with Crippen molar-refractivity contribution >= 4 is 37.0 Å². The van der Waals surface area contributed by atoms with Gasteiger partial charge >= 0.3 is 0 Å². The Balaban J connectivity index is 3.62. The van der Waals surface area contributed by atoms with Crippen LogP contribution < -0.4 is 5.73 Å². The maximum absolute atomic E-state index is 12.5. The molecule has 0 aliphatic heterocycles. The van der Waals surface area contributed by atoms with Crippen molar-refractivity contribution in [1.29, 1.82) is 0 Å². The zero-order valence-corrected chi connectivity index (χ0v) is 9.24. The van der Waals surface area contributed by atoms with E-state index < -0.39 is 31.8 Å². The Labute approximate surface area is 93.4 Å². The first-order valence-corrected chi connectivity index (χ1v) is 6.10. The second-order valence-corrected chi connectivity index (χ2v) is 5.37. The number of aromatic nitrogens is 1. The third-order valence-electron chi connectivity index (χ3n) is 1.52. The zero-order chi connectivity index (χ0) is 11.8. The summed E-state index contributed by atoms with van der Waals surface area (Å²) in [6.45, 7) is 0. The van der Waals surface area contributed by atoms with Crippen molar-refractivity contribution in [2.24, 2.45) is 0 Å². The van der Waals surface area contributed by atoms with Crippen molar-refractivity contribution in [2.75, 3.05) is 5.73 Å².